The Bertz CT molecular complexity index is 652. The average Bonchev–Trinajstić information content (AvgIpc) is 2.48. The zero-order valence-corrected chi connectivity index (χ0v) is 12.4. The fourth-order valence-corrected chi connectivity index (χ4v) is 2.25. The number of halogens is 2. The van der Waals surface area contributed by atoms with Crippen molar-refractivity contribution in [1.29, 1.82) is 0 Å². The number of hydrogen-bond acceptors (Lipinski definition) is 4. The van der Waals surface area contributed by atoms with E-state index in [1.807, 2.05) is 6.07 Å². The first-order valence-corrected chi connectivity index (χ1v) is 6.88. The molecule has 0 saturated heterocycles. The molecule has 0 aliphatic carbocycles. The number of nitrogens with one attached hydrogen (secondary N) is 1. The van der Waals surface area contributed by atoms with Gasteiger partial charge in [0.15, 0.2) is 0 Å². The Labute approximate surface area is 128 Å². The van der Waals surface area contributed by atoms with E-state index in [1.165, 1.54) is 6.07 Å². The number of nitro benzene ring substituents is 1. The predicted octanol–water partition coefficient (Wildman–Crippen LogP) is 3.64. The average molecular weight is 355 g/mol. The number of rotatable bonds is 5. The molecule has 2 aromatic carbocycles. The Balaban J connectivity index is 2.37. The second-order valence-electron chi connectivity index (χ2n) is 4.33. The largest absolute Gasteiger partial charge is 0.394 e. The summed E-state index contributed by atoms with van der Waals surface area (Å²) >= 11 is 3.00. The molecule has 110 valence electrons. The van der Waals surface area contributed by atoms with E-state index in [0.717, 1.165) is 11.6 Å². The monoisotopic (exact) mass is 354 g/mol. The van der Waals surface area contributed by atoms with Gasteiger partial charge in [0.05, 0.1) is 28.1 Å². The third-order valence-corrected chi connectivity index (χ3v) is 3.56. The third kappa shape index (κ3) is 3.56. The Hall–Kier alpha value is -1.99. The van der Waals surface area contributed by atoms with Crippen LogP contribution >= 0.6 is 15.9 Å². The van der Waals surface area contributed by atoms with E-state index in [-0.39, 0.29) is 22.5 Å². The lowest BCUT2D eigenvalue weighted by atomic mass is 10.1. The van der Waals surface area contributed by atoms with Crippen molar-refractivity contribution in [2.45, 2.75) is 6.04 Å². The molecule has 0 bridgehead atoms. The molecule has 0 aliphatic heterocycles. The van der Waals surface area contributed by atoms with Gasteiger partial charge in [0.25, 0.3) is 5.69 Å². The van der Waals surface area contributed by atoms with E-state index in [1.54, 1.807) is 24.3 Å². The van der Waals surface area contributed by atoms with Gasteiger partial charge >= 0.3 is 0 Å². The molecule has 2 N–H and O–H groups in total. The smallest absolute Gasteiger partial charge is 0.295 e. The van der Waals surface area contributed by atoms with Crippen LogP contribution in [0.25, 0.3) is 0 Å². The van der Waals surface area contributed by atoms with Crippen LogP contribution in [0.2, 0.25) is 0 Å². The maximum Gasteiger partial charge on any atom is 0.295 e. The summed E-state index contributed by atoms with van der Waals surface area (Å²) in [5, 5.41) is 23.4. The molecule has 5 nitrogen and oxygen atoms in total. The summed E-state index contributed by atoms with van der Waals surface area (Å²) in [5.41, 5.74) is 0.524. The van der Waals surface area contributed by atoms with Gasteiger partial charge in [0, 0.05) is 0 Å². The van der Waals surface area contributed by atoms with Gasteiger partial charge in [0.1, 0.15) is 11.5 Å². The van der Waals surface area contributed by atoms with E-state index in [9.17, 15) is 19.6 Å². The van der Waals surface area contributed by atoms with Crippen LogP contribution < -0.4 is 5.32 Å². The highest BCUT2D eigenvalue weighted by Crippen LogP contribution is 2.32. The number of hydrogen-bond donors (Lipinski definition) is 2. The van der Waals surface area contributed by atoms with Crippen molar-refractivity contribution in [3.63, 3.8) is 0 Å². The molecule has 21 heavy (non-hydrogen) atoms. The molecule has 0 spiro atoms. The maximum atomic E-state index is 13.4. The third-order valence-electron chi connectivity index (χ3n) is 2.95. The van der Waals surface area contributed by atoms with Crippen molar-refractivity contribution >= 4 is 27.3 Å². The molecule has 0 aliphatic rings. The zero-order chi connectivity index (χ0) is 15.4. The molecule has 0 amide bonds. The summed E-state index contributed by atoms with van der Waals surface area (Å²) in [6.45, 7) is -0.254. The Kier molecular flexibility index (Phi) is 4.87. The molecule has 0 fully saturated rings. The summed E-state index contributed by atoms with van der Waals surface area (Å²) < 4.78 is 13.5. The van der Waals surface area contributed by atoms with Crippen molar-refractivity contribution in [1.82, 2.24) is 0 Å². The Morgan fingerprint density at radius 2 is 2.00 bits per heavy atom. The molecule has 0 heterocycles. The number of nitrogens with zero attached hydrogens (tertiary/aromatic N) is 1. The molecule has 2 rings (SSSR count). The molecule has 2 aromatic rings. The lowest BCUT2D eigenvalue weighted by Crippen LogP contribution is -2.15. The Morgan fingerprint density at radius 3 is 2.57 bits per heavy atom. The minimum atomic E-state index is -0.715. The molecule has 0 saturated carbocycles. The van der Waals surface area contributed by atoms with E-state index >= 15 is 0 Å². The van der Waals surface area contributed by atoms with Gasteiger partial charge in [-0.15, -0.1) is 0 Å². The van der Waals surface area contributed by atoms with E-state index in [0.29, 0.717) is 0 Å². The van der Waals surface area contributed by atoms with Crippen LogP contribution in [0.5, 0.6) is 0 Å². The van der Waals surface area contributed by atoms with Crippen molar-refractivity contribution in [2.75, 3.05) is 11.9 Å². The van der Waals surface area contributed by atoms with Gasteiger partial charge in [-0.2, -0.15) is 0 Å². The standard InChI is InChI=1S/C14H12BrFN2O3/c15-10-6-12(14(18(20)21)7-11(10)16)17-13(8-19)9-4-2-1-3-5-9/h1-7,13,17,19H,8H2. The molecule has 7 heteroatoms. The van der Waals surface area contributed by atoms with Crippen LogP contribution in [0.4, 0.5) is 15.8 Å². The van der Waals surface area contributed by atoms with Gasteiger partial charge in [-0.25, -0.2) is 4.39 Å². The van der Waals surface area contributed by atoms with Gasteiger partial charge < -0.3 is 10.4 Å². The lowest BCUT2D eigenvalue weighted by molar-refractivity contribution is -0.384. The van der Waals surface area contributed by atoms with Gasteiger partial charge in [-0.05, 0) is 27.6 Å². The van der Waals surface area contributed by atoms with Crippen LogP contribution in [-0.4, -0.2) is 16.6 Å². The molecular weight excluding hydrogens is 343 g/mol. The summed E-state index contributed by atoms with van der Waals surface area (Å²) in [6.07, 6.45) is 0. The topological polar surface area (TPSA) is 75.4 Å². The second kappa shape index (κ2) is 6.64. The maximum absolute atomic E-state index is 13.4. The van der Waals surface area contributed by atoms with Crippen LogP contribution in [0.1, 0.15) is 11.6 Å². The fraction of sp³-hybridized carbons (Fsp3) is 0.143. The number of aliphatic hydroxyl groups is 1. The summed E-state index contributed by atoms with van der Waals surface area (Å²) in [7, 11) is 0. The van der Waals surface area contributed by atoms with Crippen molar-refractivity contribution in [3.8, 4) is 0 Å². The molecular formula is C14H12BrFN2O3. The van der Waals surface area contributed by atoms with Crippen molar-refractivity contribution < 1.29 is 14.4 Å². The minimum Gasteiger partial charge on any atom is -0.394 e. The fourth-order valence-electron chi connectivity index (χ4n) is 1.91. The molecule has 1 atom stereocenters. The predicted molar refractivity (Wildman–Crippen MR) is 80.6 cm³/mol. The number of anilines is 1. The minimum absolute atomic E-state index is 0.111. The van der Waals surface area contributed by atoms with Crippen LogP contribution in [0, 0.1) is 15.9 Å². The highest BCUT2D eigenvalue weighted by atomic mass is 79.9. The molecule has 1 unspecified atom stereocenters. The zero-order valence-electron chi connectivity index (χ0n) is 10.8. The van der Waals surface area contributed by atoms with Crippen LogP contribution in [0.3, 0.4) is 0 Å². The summed E-state index contributed by atoms with van der Waals surface area (Å²) in [6, 6.07) is 10.6. The van der Waals surface area contributed by atoms with Gasteiger partial charge in [-0.1, -0.05) is 30.3 Å². The van der Waals surface area contributed by atoms with E-state index < -0.39 is 16.8 Å². The first kappa shape index (κ1) is 15.4. The van der Waals surface area contributed by atoms with Gasteiger partial charge in [-0.3, -0.25) is 10.1 Å². The number of benzene rings is 2. The van der Waals surface area contributed by atoms with Crippen LogP contribution in [-0.2, 0) is 0 Å². The van der Waals surface area contributed by atoms with Crippen molar-refractivity contribution in [2.24, 2.45) is 0 Å². The first-order chi connectivity index (χ1) is 10.0. The number of aliphatic hydroxyl groups excluding tert-OH is 1. The van der Waals surface area contributed by atoms with Crippen molar-refractivity contribution in [3.05, 3.63) is 68.4 Å². The van der Waals surface area contributed by atoms with Crippen LogP contribution in [0.15, 0.2) is 46.9 Å². The highest BCUT2D eigenvalue weighted by Gasteiger charge is 2.20. The summed E-state index contributed by atoms with van der Waals surface area (Å²) in [5.74, 6) is -0.715. The molecule has 0 aromatic heterocycles. The normalized spacial score (nSPS) is 12.0. The highest BCUT2D eigenvalue weighted by molar-refractivity contribution is 9.10. The summed E-state index contributed by atoms with van der Waals surface area (Å²) in [4.78, 5) is 10.3. The van der Waals surface area contributed by atoms with E-state index in [4.69, 9.17) is 0 Å². The SMILES string of the molecule is O=[N+]([O-])c1cc(F)c(Br)cc1NC(CO)c1ccccc1. The van der Waals surface area contributed by atoms with E-state index in [2.05, 4.69) is 21.2 Å². The first-order valence-electron chi connectivity index (χ1n) is 6.08. The second-order valence-corrected chi connectivity index (χ2v) is 5.19. The van der Waals surface area contributed by atoms with Gasteiger partial charge in [0.2, 0.25) is 0 Å². The quantitative estimate of drug-likeness (QED) is 0.634. The lowest BCUT2D eigenvalue weighted by Gasteiger charge is -2.18. The molecule has 0 radical (unpaired) electrons. The Morgan fingerprint density at radius 1 is 1.33 bits per heavy atom. The number of nitro groups is 1.